The molecule has 1 aromatic rings. The van der Waals surface area contributed by atoms with Crippen molar-refractivity contribution >= 4 is 23.5 Å². The van der Waals surface area contributed by atoms with Crippen LogP contribution >= 0.6 is 11.6 Å². The van der Waals surface area contributed by atoms with Crippen molar-refractivity contribution in [3.8, 4) is 5.88 Å². The molecule has 1 saturated heterocycles. The van der Waals surface area contributed by atoms with Crippen molar-refractivity contribution in [3.63, 3.8) is 0 Å². The Bertz CT molecular complexity index is 525. The number of ether oxygens (including phenoxy) is 1. The summed E-state index contributed by atoms with van der Waals surface area (Å²) in [6.45, 7) is 4.41. The van der Waals surface area contributed by atoms with Crippen molar-refractivity contribution in [1.29, 1.82) is 0 Å². The number of carboxylic acids is 1. The third-order valence-electron chi connectivity index (χ3n) is 2.63. The first-order valence-electron chi connectivity index (χ1n) is 6.66. The molecule has 0 aromatic carbocycles. The van der Waals surface area contributed by atoms with E-state index < -0.39 is 12.1 Å². The molecule has 0 saturated carbocycles. The lowest BCUT2D eigenvalue weighted by Crippen LogP contribution is -2.23. The molecule has 1 fully saturated rings. The molecule has 0 unspecified atom stereocenters. The van der Waals surface area contributed by atoms with Crippen molar-refractivity contribution in [3.05, 3.63) is 11.2 Å². The molecule has 3 N–H and O–H groups in total. The number of carbonyl (C=O) groups is 1. The number of hydrogen-bond donors (Lipinski definition) is 3. The van der Waals surface area contributed by atoms with Gasteiger partial charge < -0.3 is 20.5 Å². The summed E-state index contributed by atoms with van der Waals surface area (Å²) in [5, 5.41) is 14.1. The normalized spacial score (nSPS) is 17.2. The highest BCUT2D eigenvalue weighted by atomic mass is 35.5. The fourth-order valence-electron chi connectivity index (χ4n) is 1.62. The molecule has 2 heterocycles. The highest BCUT2D eigenvalue weighted by Gasteiger charge is 2.38. The highest BCUT2D eigenvalue weighted by molar-refractivity contribution is 6.31. The van der Waals surface area contributed by atoms with Gasteiger partial charge in [-0.3, -0.25) is 0 Å². The van der Waals surface area contributed by atoms with Gasteiger partial charge in [-0.15, -0.1) is 0 Å². The molecule has 0 radical (unpaired) electrons. The topological polar surface area (TPSA) is 96.4 Å². The average molecular weight is 357 g/mol. The third kappa shape index (κ3) is 6.87. The molecule has 1 aromatic heterocycles. The Morgan fingerprint density at radius 2 is 2.26 bits per heavy atom. The zero-order valence-electron chi connectivity index (χ0n) is 12.2. The lowest BCUT2D eigenvalue weighted by Gasteiger charge is -2.12. The summed E-state index contributed by atoms with van der Waals surface area (Å²) in [6, 6.07) is 0.385. The van der Waals surface area contributed by atoms with E-state index in [2.05, 4.69) is 20.6 Å². The molecular formula is C12H16ClF3N4O3. The van der Waals surface area contributed by atoms with E-state index in [1.165, 1.54) is 0 Å². The second-order valence-electron chi connectivity index (χ2n) is 4.42. The Hall–Kier alpha value is -1.81. The minimum Gasteiger partial charge on any atom is -0.477 e. The molecule has 1 atom stereocenters. The quantitative estimate of drug-likeness (QED) is 0.758. The van der Waals surface area contributed by atoms with Gasteiger partial charge in [0.05, 0.1) is 12.8 Å². The molecule has 0 spiro atoms. The molecule has 130 valence electrons. The lowest BCUT2D eigenvalue weighted by molar-refractivity contribution is -0.192. The first-order valence-corrected chi connectivity index (χ1v) is 7.04. The van der Waals surface area contributed by atoms with Gasteiger partial charge in [-0.1, -0.05) is 11.6 Å². The van der Waals surface area contributed by atoms with E-state index in [1.54, 1.807) is 6.20 Å². The Morgan fingerprint density at radius 3 is 2.74 bits per heavy atom. The predicted octanol–water partition coefficient (Wildman–Crippen LogP) is 1.94. The van der Waals surface area contributed by atoms with Gasteiger partial charge in [-0.05, 0) is 19.9 Å². The van der Waals surface area contributed by atoms with E-state index in [0.717, 1.165) is 19.5 Å². The number of nitrogens with zero attached hydrogens (tertiary/aromatic N) is 2. The molecule has 1 aliphatic rings. The van der Waals surface area contributed by atoms with Crippen LogP contribution in [0.2, 0.25) is 5.02 Å². The summed E-state index contributed by atoms with van der Waals surface area (Å²) in [5.74, 6) is -1.75. The van der Waals surface area contributed by atoms with Crippen molar-refractivity contribution in [2.24, 2.45) is 0 Å². The maximum atomic E-state index is 10.6. The van der Waals surface area contributed by atoms with Gasteiger partial charge in [0, 0.05) is 12.6 Å². The standard InChI is InChI=1S/C10H15ClN4O.C2HF3O2/c1-2-16-9-8(11)6-13-10(15-9)14-7-3-4-12-5-7;3-2(4,5)1(6)7/h6-7,12H,2-5H2,1H3,(H,13,14,15);(H,6,7)/t7-;/m1./s1. The van der Waals surface area contributed by atoms with Gasteiger partial charge >= 0.3 is 12.1 Å². The number of halogens is 4. The van der Waals surface area contributed by atoms with Crippen molar-refractivity contribution in [2.45, 2.75) is 25.6 Å². The summed E-state index contributed by atoms with van der Waals surface area (Å²) in [5.41, 5.74) is 0. The summed E-state index contributed by atoms with van der Waals surface area (Å²) >= 11 is 5.90. The lowest BCUT2D eigenvalue weighted by atomic mass is 10.3. The molecule has 0 amide bonds. The average Bonchev–Trinajstić information content (AvgIpc) is 2.95. The monoisotopic (exact) mass is 356 g/mol. The SMILES string of the molecule is CCOc1nc(N[C@@H]2CCNC2)ncc1Cl.O=C(O)C(F)(F)F. The zero-order valence-corrected chi connectivity index (χ0v) is 12.9. The van der Waals surface area contributed by atoms with Gasteiger partial charge in [0.15, 0.2) is 0 Å². The van der Waals surface area contributed by atoms with Gasteiger partial charge in [-0.2, -0.15) is 18.2 Å². The smallest absolute Gasteiger partial charge is 0.477 e. The number of hydrogen-bond acceptors (Lipinski definition) is 6. The molecule has 1 aliphatic heterocycles. The largest absolute Gasteiger partial charge is 0.490 e. The predicted molar refractivity (Wildman–Crippen MR) is 76.8 cm³/mol. The number of aromatic nitrogens is 2. The van der Waals surface area contributed by atoms with Crippen LogP contribution in [-0.2, 0) is 4.79 Å². The van der Waals surface area contributed by atoms with Gasteiger partial charge in [-0.25, -0.2) is 9.78 Å². The first-order chi connectivity index (χ1) is 10.7. The number of nitrogens with one attached hydrogen (secondary N) is 2. The van der Waals surface area contributed by atoms with Gasteiger partial charge in [0.2, 0.25) is 11.8 Å². The molecular weight excluding hydrogens is 341 g/mol. The molecule has 11 heteroatoms. The van der Waals surface area contributed by atoms with Crippen LogP contribution in [0.25, 0.3) is 0 Å². The van der Waals surface area contributed by atoms with Crippen LogP contribution in [-0.4, -0.2) is 53.0 Å². The van der Waals surface area contributed by atoms with Crippen LogP contribution < -0.4 is 15.4 Å². The van der Waals surface area contributed by atoms with Gasteiger partial charge in [0.1, 0.15) is 5.02 Å². The van der Waals surface area contributed by atoms with Crippen molar-refractivity contribution in [1.82, 2.24) is 15.3 Å². The van der Waals surface area contributed by atoms with Crippen LogP contribution in [0, 0.1) is 0 Å². The highest BCUT2D eigenvalue weighted by Crippen LogP contribution is 2.22. The van der Waals surface area contributed by atoms with E-state index in [4.69, 9.17) is 26.2 Å². The van der Waals surface area contributed by atoms with Gasteiger partial charge in [0.25, 0.3) is 0 Å². The number of aliphatic carboxylic acids is 1. The van der Waals surface area contributed by atoms with Crippen LogP contribution in [0.4, 0.5) is 19.1 Å². The van der Waals surface area contributed by atoms with Crippen LogP contribution in [0.3, 0.4) is 0 Å². The van der Waals surface area contributed by atoms with E-state index in [1.807, 2.05) is 6.92 Å². The van der Waals surface area contributed by atoms with Crippen LogP contribution in [0.15, 0.2) is 6.20 Å². The molecule has 0 bridgehead atoms. The maximum absolute atomic E-state index is 10.6. The van der Waals surface area contributed by atoms with E-state index in [0.29, 0.717) is 29.5 Å². The van der Waals surface area contributed by atoms with Crippen molar-refractivity contribution < 1.29 is 27.8 Å². The van der Waals surface area contributed by atoms with E-state index in [9.17, 15) is 13.2 Å². The summed E-state index contributed by atoms with van der Waals surface area (Å²) < 4.78 is 37.0. The second-order valence-corrected chi connectivity index (χ2v) is 4.82. The van der Waals surface area contributed by atoms with E-state index >= 15 is 0 Å². The second kappa shape index (κ2) is 8.73. The summed E-state index contributed by atoms with van der Waals surface area (Å²) in [7, 11) is 0. The molecule has 7 nitrogen and oxygen atoms in total. The van der Waals surface area contributed by atoms with Crippen LogP contribution in [0.1, 0.15) is 13.3 Å². The minimum absolute atomic E-state index is 0.385. The maximum Gasteiger partial charge on any atom is 0.490 e. The minimum atomic E-state index is -5.08. The molecule has 2 rings (SSSR count). The number of carboxylic acid groups (broad SMARTS) is 1. The molecule has 0 aliphatic carbocycles. The summed E-state index contributed by atoms with van der Waals surface area (Å²) in [4.78, 5) is 17.2. The Kier molecular flexibility index (Phi) is 7.30. The number of alkyl halides is 3. The van der Waals surface area contributed by atoms with Crippen LogP contribution in [0.5, 0.6) is 5.88 Å². The van der Waals surface area contributed by atoms with E-state index in [-0.39, 0.29) is 0 Å². The fourth-order valence-corrected chi connectivity index (χ4v) is 1.76. The fraction of sp³-hybridized carbons (Fsp3) is 0.583. The Labute approximate surface area is 135 Å². The molecule has 23 heavy (non-hydrogen) atoms. The number of rotatable bonds is 4. The zero-order chi connectivity index (χ0) is 17.5. The van der Waals surface area contributed by atoms with Crippen molar-refractivity contribution in [2.75, 3.05) is 25.0 Å². The third-order valence-corrected chi connectivity index (χ3v) is 2.89. The number of anilines is 1. The summed E-state index contributed by atoms with van der Waals surface area (Å²) in [6.07, 6.45) is -2.44. The first kappa shape index (κ1) is 19.2. The Balaban J connectivity index is 0.000000322. The Morgan fingerprint density at radius 1 is 1.61 bits per heavy atom.